The van der Waals surface area contributed by atoms with Crippen molar-refractivity contribution in [1.82, 2.24) is 4.90 Å². The first-order valence-electron chi connectivity index (χ1n) is 10.1. The first-order chi connectivity index (χ1) is 14.8. The van der Waals surface area contributed by atoms with Crippen LogP contribution in [0.5, 0.6) is 0 Å². The molecule has 2 saturated carbocycles. The Morgan fingerprint density at radius 1 is 1.12 bits per heavy atom. The number of Topliss-reactive ketones (excluding diaryl/α,β-unsaturated/α-hetero) is 4. The molecule has 4 unspecified atom stereocenters. The molecule has 1 aromatic carbocycles. The number of nitrogens with two attached hydrogens (primary N) is 1. The van der Waals surface area contributed by atoms with Crippen LogP contribution in [0.4, 0.5) is 4.39 Å². The van der Waals surface area contributed by atoms with Gasteiger partial charge in [0.1, 0.15) is 5.82 Å². The number of rotatable bonds is 2. The Labute approximate surface area is 182 Å². The van der Waals surface area contributed by atoms with Gasteiger partial charge in [-0.2, -0.15) is 0 Å². The summed E-state index contributed by atoms with van der Waals surface area (Å²) in [7, 11) is 2.95. The molecular weight excluding hydrogens is 423 g/mol. The first-order valence-corrected chi connectivity index (χ1v) is 10.1. The Hall–Kier alpha value is -2.82. The predicted octanol–water partition coefficient (Wildman–Crippen LogP) is -1.03. The van der Waals surface area contributed by atoms with E-state index in [1.54, 1.807) is 0 Å². The highest BCUT2D eigenvalue weighted by Crippen LogP contribution is 2.54. The van der Waals surface area contributed by atoms with Crippen LogP contribution in [-0.4, -0.2) is 69.9 Å². The molecule has 1 aromatic rings. The van der Waals surface area contributed by atoms with Crippen molar-refractivity contribution in [3.8, 4) is 0 Å². The van der Waals surface area contributed by atoms with E-state index in [4.69, 9.17) is 5.73 Å². The summed E-state index contributed by atoms with van der Waals surface area (Å²) in [5.74, 6) is -13.0. The molecule has 0 spiro atoms. The van der Waals surface area contributed by atoms with Crippen LogP contribution in [0.25, 0.3) is 0 Å². The third kappa shape index (κ3) is 2.57. The number of hydrogen-bond acceptors (Lipinski definition) is 8. The Morgan fingerprint density at radius 3 is 2.31 bits per heavy atom. The molecule has 0 heterocycles. The van der Waals surface area contributed by atoms with Crippen molar-refractivity contribution >= 4 is 29.0 Å². The van der Waals surface area contributed by atoms with Crippen LogP contribution >= 0.6 is 0 Å². The monoisotopic (exact) mass is 446 g/mol. The molecule has 2 fully saturated rings. The lowest BCUT2D eigenvalue weighted by molar-refractivity contribution is -0.188. The smallest absolute Gasteiger partial charge is 0.235 e. The molecular formula is C22H23FN2O7. The van der Waals surface area contributed by atoms with Crippen molar-refractivity contribution in [1.29, 1.82) is 0 Å². The van der Waals surface area contributed by atoms with Crippen LogP contribution in [0.1, 0.15) is 29.3 Å². The van der Waals surface area contributed by atoms with Gasteiger partial charge in [-0.1, -0.05) is 12.1 Å². The predicted molar refractivity (Wildman–Crippen MR) is 106 cm³/mol. The zero-order chi connectivity index (χ0) is 23.9. The van der Waals surface area contributed by atoms with Gasteiger partial charge in [-0.05, 0) is 39.1 Å². The summed E-state index contributed by atoms with van der Waals surface area (Å²) in [6.07, 6.45) is -0.270. The zero-order valence-electron chi connectivity index (χ0n) is 17.7. The highest BCUT2D eigenvalue weighted by molar-refractivity contribution is 6.32. The Kier molecular flexibility index (Phi) is 4.78. The first kappa shape index (κ1) is 22.4. The highest BCUT2D eigenvalue weighted by atomic mass is 19.1. The lowest BCUT2D eigenvalue weighted by Gasteiger charge is -2.55. The number of ketones is 4. The van der Waals surface area contributed by atoms with Crippen LogP contribution < -0.4 is 5.73 Å². The van der Waals surface area contributed by atoms with E-state index in [-0.39, 0.29) is 12.0 Å². The average Bonchev–Trinajstić information content (AvgIpc) is 2.68. The summed E-state index contributed by atoms with van der Waals surface area (Å²) in [6.45, 7) is 1.33. The number of benzene rings is 1. The van der Waals surface area contributed by atoms with Crippen molar-refractivity contribution in [3.63, 3.8) is 0 Å². The minimum atomic E-state index is -2.86. The maximum atomic E-state index is 14.6. The fourth-order valence-electron chi connectivity index (χ4n) is 5.85. The van der Waals surface area contributed by atoms with Gasteiger partial charge in [0.15, 0.2) is 34.7 Å². The maximum absolute atomic E-state index is 14.6. The molecule has 1 amide bonds. The third-order valence-corrected chi connectivity index (χ3v) is 7.35. The second-order valence-electron chi connectivity index (χ2n) is 9.24. The highest BCUT2D eigenvalue weighted by Gasteiger charge is 2.71. The SMILES string of the molecule is CN(C)[C@@H]1C(=O)C(C(N)=O)C(=O)[C@@]2(O)C(=O)C3C(=O)c4c(F)cccc4[C@@](C)(O)C3CC12. The van der Waals surface area contributed by atoms with Crippen LogP contribution in [0.15, 0.2) is 18.2 Å². The zero-order valence-corrected chi connectivity index (χ0v) is 17.7. The molecule has 7 atom stereocenters. The van der Waals surface area contributed by atoms with E-state index in [1.165, 1.54) is 38.1 Å². The summed E-state index contributed by atoms with van der Waals surface area (Å²) >= 11 is 0. The van der Waals surface area contributed by atoms with Crippen LogP contribution in [0, 0.1) is 29.5 Å². The van der Waals surface area contributed by atoms with Crippen molar-refractivity contribution in [3.05, 3.63) is 35.1 Å². The van der Waals surface area contributed by atoms with Gasteiger partial charge in [0.2, 0.25) is 5.91 Å². The van der Waals surface area contributed by atoms with Crippen molar-refractivity contribution in [2.24, 2.45) is 29.4 Å². The molecule has 4 rings (SSSR count). The van der Waals surface area contributed by atoms with Gasteiger partial charge in [0.25, 0.3) is 0 Å². The molecule has 9 nitrogen and oxygen atoms in total. The lowest BCUT2D eigenvalue weighted by atomic mass is 9.50. The Bertz CT molecular complexity index is 1100. The summed E-state index contributed by atoms with van der Waals surface area (Å²) in [6, 6.07) is 2.46. The molecule has 0 radical (unpaired) electrons. The molecule has 10 heteroatoms. The van der Waals surface area contributed by atoms with Gasteiger partial charge >= 0.3 is 0 Å². The minimum Gasteiger partial charge on any atom is -0.385 e. The number of aliphatic hydroxyl groups is 2. The second kappa shape index (κ2) is 6.84. The van der Waals surface area contributed by atoms with Crippen LogP contribution in [-0.2, 0) is 24.8 Å². The van der Waals surface area contributed by atoms with Crippen LogP contribution in [0.2, 0.25) is 0 Å². The van der Waals surface area contributed by atoms with Gasteiger partial charge < -0.3 is 15.9 Å². The number of amides is 1. The number of hydrogen-bond donors (Lipinski definition) is 3. The molecule has 4 N–H and O–H groups in total. The quantitative estimate of drug-likeness (QED) is 0.487. The fourth-order valence-corrected chi connectivity index (χ4v) is 5.85. The second-order valence-corrected chi connectivity index (χ2v) is 9.24. The molecule has 32 heavy (non-hydrogen) atoms. The number of likely N-dealkylation sites (N-methyl/N-ethyl adjacent to an activating group) is 1. The van der Waals surface area contributed by atoms with E-state index in [0.717, 1.165) is 6.07 Å². The minimum absolute atomic E-state index is 0.00753. The summed E-state index contributed by atoms with van der Waals surface area (Å²) in [5, 5.41) is 22.8. The molecule has 0 aromatic heterocycles. The third-order valence-electron chi connectivity index (χ3n) is 7.35. The Morgan fingerprint density at radius 2 is 1.75 bits per heavy atom. The van der Waals surface area contributed by atoms with Gasteiger partial charge in [0, 0.05) is 11.8 Å². The van der Waals surface area contributed by atoms with E-state index < -0.39 is 81.3 Å². The fraction of sp³-hybridized carbons (Fsp3) is 0.500. The molecule has 0 aliphatic heterocycles. The normalized spacial score (nSPS) is 38.9. The number of halogens is 1. The number of carbonyl (C=O) groups excluding carboxylic acids is 5. The number of primary amides is 1. The van der Waals surface area contributed by atoms with E-state index in [9.17, 15) is 38.6 Å². The molecule has 0 saturated heterocycles. The number of nitrogens with zero attached hydrogens (tertiary/aromatic N) is 1. The summed E-state index contributed by atoms with van der Waals surface area (Å²) in [5.41, 5.74) is 0.0264. The molecule has 3 aliphatic carbocycles. The van der Waals surface area contributed by atoms with Gasteiger partial charge in [-0.15, -0.1) is 0 Å². The van der Waals surface area contributed by atoms with E-state index in [1.807, 2.05) is 0 Å². The largest absolute Gasteiger partial charge is 0.385 e. The summed E-state index contributed by atoms with van der Waals surface area (Å²) < 4.78 is 14.6. The standard InChI is InChI=1S/C22H23FN2O7/c1-21(31)8-5-4-6-11(23)12(8)16(26)13-9(21)7-10-15(25(2)3)17(27)14(20(24)30)19(29)22(10,32)18(13)28/h4-6,9-10,13-15,31-32H,7H2,1-3H3,(H2,24,30)/t9?,10?,13?,14?,15-,21+,22-/m0/s1. The van der Waals surface area contributed by atoms with Gasteiger partial charge in [0.05, 0.1) is 23.1 Å². The average molecular weight is 446 g/mol. The summed E-state index contributed by atoms with van der Waals surface area (Å²) in [4.78, 5) is 66.2. The number of fused-ring (bicyclic) bond motifs is 3. The van der Waals surface area contributed by atoms with Crippen molar-refractivity contribution < 1.29 is 38.6 Å². The van der Waals surface area contributed by atoms with Gasteiger partial charge in [-0.25, -0.2) is 4.39 Å². The number of carbonyl (C=O) groups is 5. The van der Waals surface area contributed by atoms with Crippen molar-refractivity contribution in [2.75, 3.05) is 14.1 Å². The van der Waals surface area contributed by atoms with Gasteiger partial charge in [-0.3, -0.25) is 28.9 Å². The van der Waals surface area contributed by atoms with E-state index in [0.29, 0.717) is 0 Å². The molecule has 170 valence electrons. The lowest BCUT2D eigenvalue weighted by Crippen LogP contribution is -2.75. The van der Waals surface area contributed by atoms with Crippen LogP contribution in [0.3, 0.4) is 0 Å². The van der Waals surface area contributed by atoms with Crippen molar-refractivity contribution in [2.45, 2.75) is 30.6 Å². The maximum Gasteiger partial charge on any atom is 0.235 e. The van der Waals surface area contributed by atoms with E-state index in [2.05, 4.69) is 0 Å². The molecule has 3 aliphatic rings. The van der Waals surface area contributed by atoms with E-state index >= 15 is 0 Å². The topological polar surface area (TPSA) is 155 Å². The molecule has 0 bridgehead atoms. The Balaban J connectivity index is 1.95.